The van der Waals surface area contributed by atoms with E-state index in [1.807, 2.05) is 0 Å². The van der Waals surface area contributed by atoms with Gasteiger partial charge in [0.25, 0.3) is 0 Å². The van der Waals surface area contributed by atoms with E-state index in [1.165, 1.54) is 43.3 Å². The molecule has 0 saturated carbocycles. The fourth-order valence-electron chi connectivity index (χ4n) is 2.14. The van der Waals surface area contributed by atoms with Gasteiger partial charge in [-0.25, -0.2) is 17.6 Å². The van der Waals surface area contributed by atoms with Gasteiger partial charge in [0.2, 0.25) is 10.0 Å². The lowest BCUT2D eigenvalue weighted by Gasteiger charge is -2.25. The van der Waals surface area contributed by atoms with Gasteiger partial charge in [0.05, 0.1) is 23.5 Å². The lowest BCUT2D eigenvalue weighted by atomic mass is 10.1. The first-order chi connectivity index (χ1) is 10.9. The maximum atomic E-state index is 13.9. The number of carboxylic acids is 1. The van der Waals surface area contributed by atoms with Gasteiger partial charge in [-0.1, -0.05) is 30.3 Å². The monoisotopic (exact) mass is 337 g/mol. The van der Waals surface area contributed by atoms with Gasteiger partial charge in [0, 0.05) is 5.56 Å². The highest BCUT2D eigenvalue weighted by atomic mass is 32.2. The molecule has 0 amide bonds. The summed E-state index contributed by atoms with van der Waals surface area (Å²) in [5, 5.41) is 9.28. The molecule has 0 aromatic heterocycles. The molecule has 7 heteroatoms. The largest absolute Gasteiger partial charge is 0.478 e. The van der Waals surface area contributed by atoms with Crippen LogP contribution in [-0.2, 0) is 16.6 Å². The quantitative estimate of drug-likeness (QED) is 0.879. The van der Waals surface area contributed by atoms with Gasteiger partial charge < -0.3 is 5.11 Å². The Labute approximate surface area is 134 Å². The molecule has 0 spiro atoms. The molecule has 2 rings (SSSR count). The number of rotatable bonds is 6. The third-order valence-corrected chi connectivity index (χ3v) is 5.10. The molecule has 0 fully saturated rings. The molecular weight excluding hydrogens is 321 g/mol. The van der Waals surface area contributed by atoms with Crippen molar-refractivity contribution in [3.8, 4) is 0 Å². The summed E-state index contributed by atoms with van der Waals surface area (Å²) in [6.07, 6.45) is 0. The smallest absolute Gasteiger partial charge is 0.337 e. The molecule has 0 aliphatic rings. The second kappa shape index (κ2) is 6.78. The molecule has 0 bridgehead atoms. The first-order valence-corrected chi connectivity index (χ1v) is 8.54. The second-order valence-electron chi connectivity index (χ2n) is 4.82. The number of hydrogen-bond acceptors (Lipinski definition) is 3. The summed E-state index contributed by atoms with van der Waals surface area (Å²) < 4.78 is 39.6. The van der Waals surface area contributed by atoms with Crippen molar-refractivity contribution in [3.63, 3.8) is 0 Å². The van der Waals surface area contributed by atoms with E-state index in [1.54, 1.807) is 12.1 Å². The molecule has 2 aromatic carbocycles. The Bertz CT molecular complexity index is 820. The Kier molecular flexibility index (Phi) is 5.00. The van der Waals surface area contributed by atoms with Crippen LogP contribution in [0.15, 0.2) is 48.5 Å². The van der Waals surface area contributed by atoms with Crippen LogP contribution in [0.4, 0.5) is 10.1 Å². The van der Waals surface area contributed by atoms with E-state index < -0.39 is 21.8 Å². The number of halogens is 1. The molecule has 23 heavy (non-hydrogen) atoms. The zero-order chi connectivity index (χ0) is 17.0. The molecule has 0 heterocycles. The number of carbonyl (C=O) groups is 1. The fourth-order valence-corrected chi connectivity index (χ4v) is 3.25. The highest BCUT2D eigenvalue weighted by Gasteiger charge is 2.26. The van der Waals surface area contributed by atoms with Crippen LogP contribution in [0, 0.1) is 5.82 Å². The van der Waals surface area contributed by atoms with E-state index in [-0.39, 0.29) is 29.1 Å². The van der Waals surface area contributed by atoms with E-state index in [0.29, 0.717) is 0 Å². The number of para-hydroxylation sites is 1. The zero-order valence-corrected chi connectivity index (χ0v) is 13.3. The normalized spacial score (nSPS) is 11.2. The van der Waals surface area contributed by atoms with E-state index in [0.717, 1.165) is 4.31 Å². The minimum atomic E-state index is -3.78. The van der Waals surface area contributed by atoms with Crippen LogP contribution < -0.4 is 4.31 Å². The van der Waals surface area contributed by atoms with Crippen molar-refractivity contribution in [3.05, 3.63) is 65.5 Å². The molecule has 122 valence electrons. The van der Waals surface area contributed by atoms with Crippen LogP contribution in [0.2, 0.25) is 0 Å². The van der Waals surface area contributed by atoms with Crippen molar-refractivity contribution in [1.29, 1.82) is 0 Å². The van der Waals surface area contributed by atoms with Gasteiger partial charge in [-0.2, -0.15) is 0 Å². The van der Waals surface area contributed by atoms with E-state index in [9.17, 15) is 22.7 Å². The highest BCUT2D eigenvalue weighted by molar-refractivity contribution is 7.92. The zero-order valence-electron chi connectivity index (χ0n) is 12.4. The first kappa shape index (κ1) is 17.0. The Hall–Kier alpha value is -2.41. The van der Waals surface area contributed by atoms with E-state index >= 15 is 0 Å². The standard InChI is InChI=1S/C16H16FNO4S/c1-2-23(21,22)18(11-12-7-3-5-9-14(12)17)15-10-6-4-8-13(15)16(19)20/h3-10H,2,11H2,1H3,(H,19,20). The van der Waals surface area contributed by atoms with E-state index in [4.69, 9.17) is 0 Å². The molecule has 0 atom stereocenters. The molecule has 0 radical (unpaired) electrons. The summed E-state index contributed by atoms with van der Waals surface area (Å²) in [6.45, 7) is 1.18. The van der Waals surface area contributed by atoms with Gasteiger partial charge in [0.15, 0.2) is 0 Å². The third kappa shape index (κ3) is 3.68. The molecule has 0 saturated heterocycles. The predicted octanol–water partition coefficient (Wildman–Crippen LogP) is 2.88. The molecule has 0 unspecified atom stereocenters. The summed E-state index contributed by atoms with van der Waals surface area (Å²) in [4.78, 5) is 11.4. The van der Waals surface area contributed by atoms with Crippen molar-refractivity contribution >= 4 is 21.7 Å². The van der Waals surface area contributed by atoms with Gasteiger partial charge in [-0.3, -0.25) is 4.31 Å². The summed E-state index contributed by atoms with van der Waals surface area (Å²) in [5.74, 6) is -2.02. The lowest BCUT2D eigenvalue weighted by Crippen LogP contribution is -2.33. The number of nitrogens with zero attached hydrogens (tertiary/aromatic N) is 1. The molecule has 0 aliphatic carbocycles. The fraction of sp³-hybridized carbons (Fsp3) is 0.188. The van der Waals surface area contributed by atoms with Gasteiger partial charge in [0.1, 0.15) is 5.82 Å². The van der Waals surface area contributed by atoms with E-state index in [2.05, 4.69) is 0 Å². The second-order valence-corrected chi connectivity index (χ2v) is 7.00. The molecule has 0 aliphatic heterocycles. The highest BCUT2D eigenvalue weighted by Crippen LogP contribution is 2.26. The number of carboxylic acid groups (broad SMARTS) is 1. The van der Waals surface area contributed by atoms with Crippen LogP contribution in [-0.4, -0.2) is 25.2 Å². The number of sulfonamides is 1. The number of aromatic carboxylic acids is 1. The minimum absolute atomic E-state index is 0.0186. The maximum absolute atomic E-state index is 13.9. The van der Waals surface area contributed by atoms with Gasteiger partial charge in [-0.05, 0) is 25.1 Å². The van der Waals surface area contributed by atoms with Crippen molar-refractivity contribution < 1.29 is 22.7 Å². The Balaban J connectivity index is 2.57. The summed E-state index contributed by atoms with van der Waals surface area (Å²) in [7, 11) is -3.78. The number of anilines is 1. The van der Waals surface area contributed by atoms with Crippen LogP contribution in [0.1, 0.15) is 22.8 Å². The van der Waals surface area contributed by atoms with Crippen molar-refractivity contribution in [2.75, 3.05) is 10.1 Å². The average molecular weight is 337 g/mol. The Morgan fingerprint density at radius 2 is 1.74 bits per heavy atom. The minimum Gasteiger partial charge on any atom is -0.478 e. The summed E-state index contributed by atoms with van der Waals surface area (Å²) >= 11 is 0. The Morgan fingerprint density at radius 3 is 2.35 bits per heavy atom. The number of hydrogen-bond donors (Lipinski definition) is 1. The number of benzene rings is 2. The van der Waals surface area contributed by atoms with Crippen molar-refractivity contribution in [1.82, 2.24) is 0 Å². The van der Waals surface area contributed by atoms with Gasteiger partial charge in [-0.15, -0.1) is 0 Å². The van der Waals surface area contributed by atoms with Crippen LogP contribution >= 0.6 is 0 Å². The molecule has 1 N–H and O–H groups in total. The maximum Gasteiger partial charge on any atom is 0.337 e. The summed E-state index contributed by atoms with van der Waals surface area (Å²) in [5.41, 5.74) is 0.0377. The van der Waals surface area contributed by atoms with Crippen LogP contribution in [0.5, 0.6) is 0 Å². The van der Waals surface area contributed by atoms with Crippen LogP contribution in [0.3, 0.4) is 0 Å². The third-order valence-electron chi connectivity index (χ3n) is 3.38. The average Bonchev–Trinajstić information content (AvgIpc) is 2.54. The topological polar surface area (TPSA) is 74.7 Å². The first-order valence-electron chi connectivity index (χ1n) is 6.93. The predicted molar refractivity (Wildman–Crippen MR) is 85.4 cm³/mol. The SMILES string of the molecule is CCS(=O)(=O)N(Cc1ccccc1F)c1ccccc1C(=O)O. The van der Waals surface area contributed by atoms with Crippen molar-refractivity contribution in [2.45, 2.75) is 13.5 Å². The van der Waals surface area contributed by atoms with Gasteiger partial charge >= 0.3 is 5.97 Å². The molecular formula is C16H16FNO4S. The van der Waals surface area contributed by atoms with Crippen molar-refractivity contribution in [2.24, 2.45) is 0 Å². The Morgan fingerprint density at radius 1 is 1.13 bits per heavy atom. The lowest BCUT2D eigenvalue weighted by molar-refractivity contribution is 0.0697. The summed E-state index contributed by atoms with van der Waals surface area (Å²) in [6, 6.07) is 11.6. The van der Waals surface area contributed by atoms with Crippen LogP contribution in [0.25, 0.3) is 0 Å². The molecule has 2 aromatic rings. The molecule has 5 nitrogen and oxygen atoms in total.